The molecule has 0 saturated carbocycles. The van der Waals surface area contributed by atoms with Gasteiger partial charge in [0.25, 0.3) is 0 Å². The minimum absolute atomic E-state index is 0.226. The molecular formula is C20H31BrN4O2. The number of nitrogens with one attached hydrogen (secondary N) is 1. The summed E-state index contributed by atoms with van der Waals surface area (Å²) in [5.41, 5.74) is 7.40. The van der Waals surface area contributed by atoms with Gasteiger partial charge in [0.15, 0.2) is 5.96 Å². The summed E-state index contributed by atoms with van der Waals surface area (Å²) >= 11 is 3.52. The van der Waals surface area contributed by atoms with Crippen molar-refractivity contribution >= 4 is 28.0 Å². The highest BCUT2D eigenvalue weighted by Gasteiger charge is 2.23. The summed E-state index contributed by atoms with van der Waals surface area (Å²) in [6, 6.07) is 8.66. The number of ether oxygens (including phenoxy) is 1. The van der Waals surface area contributed by atoms with Crippen LogP contribution in [0.3, 0.4) is 0 Å². The lowest BCUT2D eigenvalue weighted by Crippen LogP contribution is -2.48. The van der Waals surface area contributed by atoms with E-state index in [4.69, 9.17) is 10.5 Å². The Morgan fingerprint density at radius 3 is 2.78 bits per heavy atom. The topological polar surface area (TPSA) is 80.0 Å². The standard InChI is InChI=1S/C20H31BrN4O2/c1-3-15(12-16-6-5-7-17(21)13-16)14-23-19(22)24-18-8-10-25(11-9-18)20(26)27-4-2/h5-7,13,15,18H,3-4,8-12,14H2,1-2H3,(H3,22,23,24). The molecule has 6 nitrogen and oxygen atoms in total. The van der Waals surface area contributed by atoms with E-state index in [1.54, 1.807) is 4.90 Å². The quantitative estimate of drug-likeness (QED) is 0.503. The molecule has 7 heteroatoms. The van der Waals surface area contributed by atoms with Gasteiger partial charge in [-0.05, 0) is 49.8 Å². The Balaban J connectivity index is 1.77. The number of halogens is 1. The average molecular weight is 439 g/mol. The predicted octanol–water partition coefficient (Wildman–Crippen LogP) is 3.54. The van der Waals surface area contributed by atoms with Crippen LogP contribution in [0.1, 0.15) is 38.7 Å². The summed E-state index contributed by atoms with van der Waals surface area (Å²) < 4.78 is 6.15. The lowest BCUT2D eigenvalue weighted by atomic mass is 9.97. The Hall–Kier alpha value is -1.76. The molecule has 0 aliphatic carbocycles. The number of benzene rings is 1. The normalized spacial score (nSPS) is 16.9. The molecular weight excluding hydrogens is 408 g/mol. The molecule has 1 aliphatic rings. The Labute approximate surface area is 170 Å². The van der Waals surface area contributed by atoms with Crippen LogP contribution in [0.2, 0.25) is 0 Å². The molecule has 0 spiro atoms. The van der Waals surface area contributed by atoms with Gasteiger partial charge in [0, 0.05) is 30.1 Å². The number of aliphatic imine (C=N–C) groups is 1. The van der Waals surface area contributed by atoms with Gasteiger partial charge in [-0.25, -0.2) is 4.79 Å². The van der Waals surface area contributed by atoms with Crippen LogP contribution >= 0.6 is 15.9 Å². The second-order valence-corrected chi connectivity index (χ2v) is 7.85. The highest BCUT2D eigenvalue weighted by atomic mass is 79.9. The molecule has 0 aromatic heterocycles. The van der Waals surface area contributed by atoms with Gasteiger partial charge in [0.05, 0.1) is 6.61 Å². The summed E-state index contributed by atoms with van der Waals surface area (Å²) in [6.45, 7) is 6.50. The Morgan fingerprint density at radius 1 is 1.41 bits per heavy atom. The second kappa shape index (κ2) is 11.2. The average Bonchev–Trinajstić information content (AvgIpc) is 2.66. The zero-order valence-electron chi connectivity index (χ0n) is 16.3. The monoisotopic (exact) mass is 438 g/mol. The zero-order chi connectivity index (χ0) is 19.6. The van der Waals surface area contributed by atoms with Gasteiger partial charge in [0.1, 0.15) is 0 Å². The minimum Gasteiger partial charge on any atom is -0.450 e. The number of amides is 1. The largest absolute Gasteiger partial charge is 0.450 e. The van der Waals surface area contributed by atoms with Crippen LogP contribution in [-0.2, 0) is 11.2 Å². The van der Waals surface area contributed by atoms with Crippen LogP contribution in [0.15, 0.2) is 33.7 Å². The molecule has 27 heavy (non-hydrogen) atoms. The van der Waals surface area contributed by atoms with Crippen LogP contribution in [0.25, 0.3) is 0 Å². The summed E-state index contributed by atoms with van der Waals surface area (Å²) in [5.74, 6) is 0.961. The van der Waals surface area contributed by atoms with E-state index in [2.05, 4.69) is 51.4 Å². The van der Waals surface area contributed by atoms with Crippen LogP contribution in [0.4, 0.5) is 4.79 Å². The number of likely N-dealkylation sites (tertiary alicyclic amines) is 1. The first-order valence-electron chi connectivity index (χ1n) is 9.74. The van der Waals surface area contributed by atoms with E-state index in [-0.39, 0.29) is 12.1 Å². The summed E-state index contributed by atoms with van der Waals surface area (Å²) in [6.07, 6.45) is 3.52. The first-order chi connectivity index (χ1) is 13.0. The fourth-order valence-electron chi connectivity index (χ4n) is 3.24. The molecule has 1 unspecified atom stereocenters. The van der Waals surface area contributed by atoms with Crippen LogP contribution in [0.5, 0.6) is 0 Å². The van der Waals surface area contributed by atoms with Gasteiger partial charge >= 0.3 is 6.09 Å². The molecule has 1 fully saturated rings. The summed E-state index contributed by atoms with van der Waals surface area (Å²) in [5, 5.41) is 3.30. The van der Waals surface area contributed by atoms with E-state index in [1.165, 1.54) is 5.56 Å². The number of nitrogens with zero attached hydrogens (tertiary/aromatic N) is 2. The highest BCUT2D eigenvalue weighted by Crippen LogP contribution is 2.17. The summed E-state index contributed by atoms with van der Waals surface area (Å²) in [4.78, 5) is 18.0. The molecule has 1 heterocycles. The zero-order valence-corrected chi connectivity index (χ0v) is 17.9. The Bertz CT molecular complexity index is 630. The van der Waals surface area contributed by atoms with Gasteiger partial charge in [-0.1, -0.05) is 41.4 Å². The molecule has 1 saturated heterocycles. The van der Waals surface area contributed by atoms with Gasteiger partial charge in [0.2, 0.25) is 0 Å². The van der Waals surface area contributed by atoms with E-state index in [0.29, 0.717) is 38.1 Å². The van der Waals surface area contributed by atoms with E-state index < -0.39 is 0 Å². The number of nitrogens with two attached hydrogens (primary N) is 1. The van der Waals surface area contributed by atoms with E-state index in [9.17, 15) is 4.79 Å². The molecule has 2 rings (SSSR count). The first kappa shape index (κ1) is 21.5. The number of carbonyl (C=O) groups excluding carboxylic acids is 1. The molecule has 3 N–H and O–H groups in total. The third-order valence-electron chi connectivity index (χ3n) is 4.88. The lowest BCUT2D eigenvalue weighted by molar-refractivity contribution is 0.0963. The van der Waals surface area contributed by atoms with Crippen molar-refractivity contribution in [3.63, 3.8) is 0 Å². The predicted molar refractivity (Wildman–Crippen MR) is 113 cm³/mol. The van der Waals surface area contributed by atoms with Crippen molar-refractivity contribution in [1.82, 2.24) is 10.2 Å². The van der Waals surface area contributed by atoms with Crippen molar-refractivity contribution in [3.05, 3.63) is 34.3 Å². The number of piperidine rings is 1. The van der Waals surface area contributed by atoms with Crippen molar-refractivity contribution in [3.8, 4) is 0 Å². The van der Waals surface area contributed by atoms with Crippen molar-refractivity contribution in [2.75, 3.05) is 26.2 Å². The third-order valence-corrected chi connectivity index (χ3v) is 5.38. The first-order valence-corrected chi connectivity index (χ1v) is 10.5. The smallest absolute Gasteiger partial charge is 0.409 e. The van der Waals surface area contributed by atoms with Gasteiger partial charge < -0.3 is 20.7 Å². The lowest BCUT2D eigenvalue weighted by Gasteiger charge is -2.31. The molecule has 150 valence electrons. The number of hydrogen-bond acceptors (Lipinski definition) is 3. The number of guanidine groups is 1. The fraction of sp³-hybridized carbons (Fsp3) is 0.600. The molecule has 1 atom stereocenters. The second-order valence-electron chi connectivity index (χ2n) is 6.94. The van der Waals surface area contributed by atoms with E-state index in [1.807, 2.05) is 13.0 Å². The van der Waals surface area contributed by atoms with Crippen molar-refractivity contribution in [2.24, 2.45) is 16.6 Å². The number of rotatable bonds is 7. The summed E-state index contributed by atoms with van der Waals surface area (Å²) in [7, 11) is 0. The van der Waals surface area contributed by atoms with E-state index >= 15 is 0 Å². The molecule has 0 bridgehead atoms. The minimum atomic E-state index is -0.226. The maximum absolute atomic E-state index is 11.7. The van der Waals surface area contributed by atoms with Gasteiger partial charge in [-0.3, -0.25) is 4.99 Å². The molecule has 1 aliphatic heterocycles. The molecule has 0 radical (unpaired) electrons. The number of carbonyl (C=O) groups is 1. The Kier molecular flexibility index (Phi) is 8.91. The maximum atomic E-state index is 11.7. The van der Waals surface area contributed by atoms with Crippen LogP contribution in [-0.4, -0.2) is 49.2 Å². The van der Waals surface area contributed by atoms with Crippen LogP contribution < -0.4 is 11.1 Å². The molecule has 1 aromatic rings. The van der Waals surface area contributed by atoms with Crippen LogP contribution in [0, 0.1) is 5.92 Å². The Morgan fingerprint density at radius 2 is 2.15 bits per heavy atom. The van der Waals surface area contributed by atoms with E-state index in [0.717, 1.165) is 30.2 Å². The fourth-order valence-corrected chi connectivity index (χ4v) is 3.69. The highest BCUT2D eigenvalue weighted by molar-refractivity contribution is 9.10. The van der Waals surface area contributed by atoms with Crippen molar-refractivity contribution in [1.29, 1.82) is 0 Å². The number of hydrogen-bond donors (Lipinski definition) is 2. The third kappa shape index (κ3) is 7.40. The van der Waals surface area contributed by atoms with Crippen molar-refractivity contribution in [2.45, 2.75) is 45.6 Å². The SMILES string of the molecule is CCOC(=O)N1CCC(NC(N)=NCC(CC)Cc2cccc(Br)c2)CC1. The van der Waals surface area contributed by atoms with Gasteiger partial charge in [-0.15, -0.1) is 0 Å². The maximum Gasteiger partial charge on any atom is 0.409 e. The molecule has 1 amide bonds. The van der Waals surface area contributed by atoms with Crippen molar-refractivity contribution < 1.29 is 9.53 Å². The van der Waals surface area contributed by atoms with Gasteiger partial charge in [-0.2, -0.15) is 0 Å². The molecule has 1 aromatic carbocycles.